The molecule has 0 saturated carbocycles. The molecule has 0 radical (unpaired) electrons. The van der Waals surface area contributed by atoms with Crippen LogP contribution in [0.4, 0.5) is 0 Å². The smallest absolute Gasteiger partial charge is 0.162 e. The number of hydrogen-bond donors (Lipinski definition) is 0. The van der Waals surface area contributed by atoms with Crippen molar-refractivity contribution in [1.82, 2.24) is 15.0 Å². The lowest BCUT2D eigenvalue weighted by Gasteiger charge is -2.13. The minimum Gasteiger partial charge on any atom is -0.454 e. The van der Waals surface area contributed by atoms with Crippen LogP contribution >= 0.6 is 0 Å². The molecule has 246 valence electrons. The van der Waals surface area contributed by atoms with E-state index in [2.05, 4.69) is 140 Å². The molecule has 0 aliphatic carbocycles. The third-order valence-electron chi connectivity index (χ3n) is 10.5. The third-order valence-corrected chi connectivity index (χ3v) is 10.5. The molecule has 0 bridgehead atoms. The van der Waals surface area contributed by atoms with E-state index in [1.165, 1.54) is 32.3 Å². The topological polar surface area (TPSA) is 51.8 Å². The van der Waals surface area contributed by atoms with E-state index in [1.807, 2.05) is 36.4 Å². The maximum absolute atomic E-state index is 6.49. The quantitative estimate of drug-likeness (QED) is 0.174. The van der Waals surface area contributed by atoms with Crippen LogP contribution in [0.5, 0.6) is 0 Å². The Bertz CT molecular complexity index is 3180. The molecule has 0 aliphatic rings. The van der Waals surface area contributed by atoms with Crippen LogP contribution in [0.25, 0.3) is 110 Å². The summed E-state index contributed by atoms with van der Waals surface area (Å²) in [5, 5.41) is 10.7. The Morgan fingerprint density at radius 1 is 0.340 bits per heavy atom. The van der Waals surface area contributed by atoms with E-state index in [4.69, 9.17) is 19.4 Å². The van der Waals surface area contributed by atoms with Crippen molar-refractivity contribution in [2.75, 3.05) is 0 Å². The second-order valence-electron chi connectivity index (χ2n) is 13.5. The van der Waals surface area contributed by atoms with Crippen molar-refractivity contribution in [3.05, 3.63) is 176 Å². The van der Waals surface area contributed by atoms with Crippen molar-refractivity contribution in [2.24, 2.45) is 0 Å². The molecule has 0 spiro atoms. The number of aromatic nitrogens is 3. The SMILES string of the molecule is c1ccc(-c2nc(-c3ccc(-c4nc5ccccc5c5c4oc4ccccc45)cc3)cc(-c3ccc4c5ccccc5c5ccccc5c4c3)n2)cc1. The lowest BCUT2D eigenvalue weighted by molar-refractivity contribution is 0.669. The molecule has 0 atom stereocenters. The van der Waals surface area contributed by atoms with E-state index in [-0.39, 0.29) is 0 Å². The zero-order chi connectivity index (χ0) is 34.9. The Hall–Kier alpha value is -7.17. The number of fused-ring (bicyclic) bond motifs is 11. The Morgan fingerprint density at radius 3 is 1.58 bits per heavy atom. The minimum atomic E-state index is 0.686. The lowest BCUT2D eigenvalue weighted by atomic mass is 9.92. The van der Waals surface area contributed by atoms with E-state index in [0.29, 0.717) is 5.82 Å². The van der Waals surface area contributed by atoms with E-state index >= 15 is 0 Å². The molecule has 0 fully saturated rings. The maximum Gasteiger partial charge on any atom is 0.162 e. The fourth-order valence-electron chi connectivity index (χ4n) is 7.95. The van der Waals surface area contributed by atoms with Crippen LogP contribution in [0.3, 0.4) is 0 Å². The number of rotatable bonds is 4. The van der Waals surface area contributed by atoms with Gasteiger partial charge >= 0.3 is 0 Å². The molecular formula is C49H29N3O. The molecule has 3 aromatic heterocycles. The van der Waals surface area contributed by atoms with Gasteiger partial charge in [-0.25, -0.2) is 15.0 Å². The Balaban J connectivity index is 1.08. The van der Waals surface area contributed by atoms with Crippen molar-refractivity contribution < 1.29 is 4.42 Å². The molecule has 0 unspecified atom stereocenters. The molecular weight excluding hydrogens is 647 g/mol. The van der Waals surface area contributed by atoms with Gasteiger partial charge in [-0.1, -0.05) is 152 Å². The predicted octanol–water partition coefficient (Wildman–Crippen LogP) is 13.1. The fraction of sp³-hybridized carbons (Fsp3) is 0. The number of benzene rings is 8. The molecule has 0 aliphatic heterocycles. The summed E-state index contributed by atoms with van der Waals surface area (Å²) in [7, 11) is 0. The first-order valence-electron chi connectivity index (χ1n) is 17.9. The largest absolute Gasteiger partial charge is 0.454 e. The molecule has 4 heteroatoms. The van der Waals surface area contributed by atoms with Gasteiger partial charge in [0.1, 0.15) is 11.3 Å². The van der Waals surface area contributed by atoms with Gasteiger partial charge in [-0.15, -0.1) is 0 Å². The molecule has 0 N–H and O–H groups in total. The maximum atomic E-state index is 6.49. The highest BCUT2D eigenvalue weighted by atomic mass is 16.3. The van der Waals surface area contributed by atoms with Gasteiger partial charge in [-0.3, -0.25) is 0 Å². The first-order valence-corrected chi connectivity index (χ1v) is 17.9. The van der Waals surface area contributed by atoms with Crippen LogP contribution in [0.2, 0.25) is 0 Å². The molecule has 53 heavy (non-hydrogen) atoms. The van der Waals surface area contributed by atoms with Crippen LogP contribution in [0.15, 0.2) is 180 Å². The second-order valence-corrected chi connectivity index (χ2v) is 13.5. The van der Waals surface area contributed by atoms with Gasteiger partial charge in [-0.2, -0.15) is 0 Å². The number of hydrogen-bond acceptors (Lipinski definition) is 4. The summed E-state index contributed by atoms with van der Waals surface area (Å²) in [4.78, 5) is 15.4. The summed E-state index contributed by atoms with van der Waals surface area (Å²) >= 11 is 0. The zero-order valence-electron chi connectivity index (χ0n) is 28.5. The second kappa shape index (κ2) is 11.7. The van der Waals surface area contributed by atoms with E-state index in [1.54, 1.807) is 0 Å². The van der Waals surface area contributed by atoms with Gasteiger partial charge in [0.2, 0.25) is 0 Å². The van der Waals surface area contributed by atoms with Crippen molar-refractivity contribution >= 4 is 65.2 Å². The van der Waals surface area contributed by atoms with Gasteiger partial charge in [0.05, 0.1) is 16.9 Å². The summed E-state index contributed by atoms with van der Waals surface area (Å²) in [6, 6.07) is 61.4. The Morgan fingerprint density at radius 2 is 0.868 bits per heavy atom. The molecule has 0 saturated heterocycles. The van der Waals surface area contributed by atoms with Crippen LogP contribution < -0.4 is 0 Å². The van der Waals surface area contributed by atoms with Crippen LogP contribution in [-0.4, -0.2) is 15.0 Å². The molecule has 4 nitrogen and oxygen atoms in total. The van der Waals surface area contributed by atoms with E-state index < -0.39 is 0 Å². The zero-order valence-corrected chi connectivity index (χ0v) is 28.5. The van der Waals surface area contributed by atoms with Gasteiger partial charge in [0.15, 0.2) is 11.4 Å². The van der Waals surface area contributed by atoms with Crippen molar-refractivity contribution in [3.63, 3.8) is 0 Å². The van der Waals surface area contributed by atoms with E-state index in [9.17, 15) is 0 Å². The first-order chi connectivity index (χ1) is 26.3. The van der Waals surface area contributed by atoms with E-state index in [0.717, 1.165) is 72.2 Å². The van der Waals surface area contributed by atoms with Crippen LogP contribution in [0.1, 0.15) is 0 Å². The predicted molar refractivity (Wildman–Crippen MR) is 219 cm³/mol. The van der Waals surface area contributed by atoms with Crippen molar-refractivity contribution in [1.29, 1.82) is 0 Å². The molecule has 3 heterocycles. The molecule has 11 aromatic rings. The molecule has 0 amide bonds. The van der Waals surface area contributed by atoms with Gasteiger partial charge in [-0.05, 0) is 56.6 Å². The summed E-state index contributed by atoms with van der Waals surface area (Å²) in [5.74, 6) is 0.686. The normalized spacial score (nSPS) is 11.8. The third kappa shape index (κ3) is 4.73. The highest BCUT2D eigenvalue weighted by Crippen LogP contribution is 2.41. The Kier molecular flexibility index (Phi) is 6.52. The van der Waals surface area contributed by atoms with Crippen molar-refractivity contribution in [2.45, 2.75) is 0 Å². The summed E-state index contributed by atoms with van der Waals surface area (Å²) in [5.41, 5.74) is 9.13. The van der Waals surface area contributed by atoms with Gasteiger partial charge < -0.3 is 4.42 Å². The summed E-state index contributed by atoms with van der Waals surface area (Å²) < 4.78 is 6.49. The first kappa shape index (κ1) is 29.5. The Labute approximate surface area is 304 Å². The summed E-state index contributed by atoms with van der Waals surface area (Å²) in [6.07, 6.45) is 0. The van der Waals surface area contributed by atoms with Crippen LogP contribution in [-0.2, 0) is 0 Å². The fourth-order valence-corrected chi connectivity index (χ4v) is 7.95. The summed E-state index contributed by atoms with van der Waals surface area (Å²) in [6.45, 7) is 0. The average Bonchev–Trinajstić information content (AvgIpc) is 3.64. The highest BCUT2D eigenvalue weighted by molar-refractivity contribution is 6.26. The number of furan rings is 1. The molecule has 8 aromatic carbocycles. The van der Waals surface area contributed by atoms with Crippen LogP contribution in [0, 0.1) is 0 Å². The molecule has 11 rings (SSSR count). The van der Waals surface area contributed by atoms with Gasteiger partial charge in [0, 0.05) is 38.4 Å². The van der Waals surface area contributed by atoms with Crippen molar-refractivity contribution in [3.8, 4) is 45.2 Å². The number of nitrogens with zero attached hydrogens (tertiary/aromatic N) is 3. The average molecular weight is 676 g/mol. The highest BCUT2D eigenvalue weighted by Gasteiger charge is 2.18. The number of para-hydroxylation sites is 2. The lowest BCUT2D eigenvalue weighted by Crippen LogP contribution is -1.96. The van der Waals surface area contributed by atoms with Gasteiger partial charge in [0.25, 0.3) is 0 Å². The minimum absolute atomic E-state index is 0.686. The monoisotopic (exact) mass is 675 g/mol. The standard InChI is InChI=1S/C49H29N3O/c1-2-12-32(13-3-1)49-51-43(29-44(52-49)33-26-27-38-36-16-5-4-14-34(36)35-15-6-7-17-37(35)41(38)28-33)30-22-24-31(25-23-30)47-48-46(39-18-8-10-20-42(39)50-47)40-19-9-11-21-45(40)53-48/h1-29H. The number of pyridine rings is 1.